The molecule has 1 aliphatic rings. The molecule has 0 amide bonds. The molecule has 3 aromatic rings. The molecule has 0 bridgehead atoms. The first-order chi connectivity index (χ1) is 14.5. The summed E-state index contributed by atoms with van der Waals surface area (Å²) < 4.78 is 18.2. The Morgan fingerprint density at radius 3 is 2.87 bits per heavy atom. The average Bonchev–Trinajstić information content (AvgIpc) is 3.30. The van der Waals surface area contributed by atoms with Gasteiger partial charge in [0.2, 0.25) is 5.28 Å². The van der Waals surface area contributed by atoms with Crippen LogP contribution in [0, 0.1) is 12.3 Å². The summed E-state index contributed by atoms with van der Waals surface area (Å²) >= 11 is 5.93. The van der Waals surface area contributed by atoms with Gasteiger partial charge in [-0.1, -0.05) is 24.1 Å². The lowest BCUT2D eigenvalue weighted by Gasteiger charge is -2.26. The first-order valence-electron chi connectivity index (χ1n) is 8.95. The number of hydrogen-bond acceptors (Lipinski definition) is 8. The summed E-state index contributed by atoms with van der Waals surface area (Å²) in [5.41, 5.74) is 4.76. The number of terminal acetylenes is 1. The molecular formula is C20H17ClN4O5. The van der Waals surface area contributed by atoms with E-state index >= 15 is 0 Å². The highest BCUT2D eigenvalue weighted by Gasteiger charge is 2.51. The fraction of sp³-hybridized carbons (Fsp3) is 0.250. The van der Waals surface area contributed by atoms with Crippen LogP contribution in [0.2, 0.25) is 5.28 Å². The molecule has 4 rings (SSSR count). The summed E-state index contributed by atoms with van der Waals surface area (Å²) in [5.74, 6) is 2.93. The number of ether oxygens (including phenoxy) is 3. The normalized spacial score (nSPS) is 23.2. The zero-order chi connectivity index (χ0) is 21.3. The van der Waals surface area contributed by atoms with Crippen molar-refractivity contribution in [2.24, 2.45) is 0 Å². The van der Waals surface area contributed by atoms with Gasteiger partial charge >= 0.3 is 6.16 Å². The minimum absolute atomic E-state index is 0.0254. The van der Waals surface area contributed by atoms with Gasteiger partial charge < -0.3 is 29.6 Å². The van der Waals surface area contributed by atoms with Crippen molar-refractivity contribution in [1.29, 1.82) is 0 Å². The second kappa shape index (κ2) is 7.84. The van der Waals surface area contributed by atoms with Crippen molar-refractivity contribution in [1.82, 2.24) is 14.5 Å². The third kappa shape index (κ3) is 3.52. The fourth-order valence-corrected chi connectivity index (χ4v) is 3.52. The Bertz CT molecular complexity index is 1130. The number of benzene rings is 1. The largest absolute Gasteiger partial charge is 0.514 e. The first kappa shape index (κ1) is 20.0. The molecule has 30 heavy (non-hydrogen) atoms. The van der Waals surface area contributed by atoms with Crippen molar-refractivity contribution >= 4 is 34.6 Å². The Morgan fingerprint density at radius 1 is 1.40 bits per heavy atom. The summed E-state index contributed by atoms with van der Waals surface area (Å²) in [5, 5.41) is 10.5. The van der Waals surface area contributed by atoms with Crippen LogP contribution in [0.5, 0.6) is 5.75 Å². The van der Waals surface area contributed by atoms with Crippen LogP contribution in [0.1, 0.15) is 12.6 Å². The molecule has 10 heteroatoms. The van der Waals surface area contributed by atoms with Gasteiger partial charge in [0, 0.05) is 12.6 Å². The van der Waals surface area contributed by atoms with E-state index in [1.807, 2.05) is 0 Å². The van der Waals surface area contributed by atoms with Crippen molar-refractivity contribution in [2.45, 2.75) is 24.4 Å². The number of aliphatic hydroxyl groups is 1. The lowest BCUT2D eigenvalue weighted by molar-refractivity contribution is -0.0941. The Labute approximate surface area is 176 Å². The fourth-order valence-electron chi connectivity index (χ4n) is 3.35. The maximum Gasteiger partial charge on any atom is 0.514 e. The van der Waals surface area contributed by atoms with E-state index in [4.69, 9.17) is 38.0 Å². The average molecular weight is 429 g/mol. The van der Waals surface area contributed by atoms with Gasteiger partial charge in [-0.25, -0.2) is 9.78 Å². The molecule has 0 saturated carbocycles. The molecule has 1 aromatic carbocycles. The van der Waals surface area contributed by atoms with E-state index in [1.54, 1.807) is 47.2 Å². The van der Waals surface area contributed by atoms with E-state index in [-0.39, 0.29) is 17.5 Å². The molecule has 1 saturated heterocycles. The van der Waals surface area contributed by atoms with Crippen LogP contribution in [0.25, 0.3) is 11.0 Å². The standard InChI is InChI=1S/C20H17ClN4O5/c1-2-20(11-26)14(29-19(27)28-12-6-4-3-5-7-12)10-15(30-20)25-9-8-13-16(22)23-18(21)24-17(13)25/h1,3-9,14-15,26H,10-11H2,(H2,22,23,24)/t14-,15+,20+/m0/s1. The molecule has 0 aliphatic carbocycles. The number of rotatable bonds is 4. The highest BCUT2D eigenvalue weighted by Crippen LogP contribution is 2.40. The lowest BCUT2D eigenvalue weighted by atomic mass is 9.99. The number of para-hydroxylation sites is 1. The van der Waals surface area contributed by atoms with Gasteiger partial charge in [-0.15, -0.1) is 6.42 Å². The lowest BCUT2D eigenvalue weighted by Crippen LogP contribution is -2.44. The van der Waals surface area contributed by atoms with Gasteiger partial charge in [0.15, 0.2) is 11.7 Å². The molecule has 1 fully saturated rings. The van der Waals surface area contributed by atoms with Gasteiger partial charge in [-0.2, -0.15) is 4.98 Å². The molecule has 0 spiro atoms. The van der Waals surface area contributed by atoms with Crippen LogP contribution >= 0.6 is 11.6 Å². The van der Waals surface area contributed by atoms with Crippen LogP contribution in [0.4, 0.5) is 10.6 Å². The van der Waals surface area contributed by atoms with E-state index in [0.717, 1.165) is 0 Å². The first-order valence-corrected chi connectivity index (χ1v) is 9.33. The number of halogens is 1. The van der Waals surface area contributed by atoms with Crippen molar-refractivity contribution in [3.8, 4) is 18.1 Å². The number of hydrogen-bond donors (Lipinski definition) is 2. The van der Waals surface area contributed by atoms with Crippen LogP contribution < -0.4 is 10.5 Å². The summed E-state index contributed by atoms with van der Waals surface area (Å²) in [7, 11) is 0. The molecule has 3 heterocycles. The monoisotopic (exact) mass is 428 g/mol. The number of nitrogen functional groups attached to an aromatic ring is 1. The molecule has 0 unspecified atom stereocenters. The maximum atomic E-state index is 12.3. The van der Waals surface area contributed by atoms with Crippen molar-refractivity contribution in [3.05, 3.63) is 47.9 Å². The number of aliphatic hydroxyl groups excluding tert-OH is 1. The quantitative estimate of drug-likeness (QED) is 0.281. The minimum atomic E-state index is -1.56. The van der Waals surface area contributed by atoms with Gasteiger partial charge in [-0.05, 0) is 29.8 Å². The van der Waals surface area contributed by atoms with Crippen molar-refractivity contribution in [2.75, 3.05) is 12.3 Å². The van der Waals surface area contributed by atoms with Gasteiger partial charge in [0.1, 0.15) is 23.4 Å². The molecule has 3 N–H and O–H groups in total. The summed E-state index contributed by atoms with van der Waals surface area (Å²) in [4.78, 5) is 20.4. The van der Waals surface area contributed by atoms with Crippen LogP contribution in [0.15, 0.2) is 42.6 Å². The number of fused-ring (bicyclic) bond motifs is 1. The van der Waals surface area contributed by atoms with Gasteiger partial charge in [0.05, 0.1) is 12.0 Å². The Balaban J connectivity index is 1.60. The smallest absolute Gasteiger partial charge is 0.426 e. The zero-order valence-corrected chi connectivity index (χ0v) is 16.3. The minimum Gasteiger partial charge on any atom is -0.426 e. The number of anilines is 1. The second-order valence-corrected chi connectivity index (χ2v) is 6.95. The third-order valence-corrected chi connectivity index (χ3v) is 5.00. The van der Waals surface area contributed by atoms with E-state index < -0.39 is 30.7 Å². The molecule has 2 aromatic heterocycles. The van der Waals surface area contributed by atoms with Crippen molar-refractivity contribution in [3.63, 3.8) is 0 Å². The number of nitrogens with zero attached hydrogens (tertiary/aromatic N) is 3. The van der Waals surface area contributed by atoms with Crippen LogP contribution in [0.3, 0.4) is 0 Å². The molecule has 154 valence electrons. The topological polar surface area (TPSA) is 122 Å². The molecular weight excluding hydrogens is 412 g/mol. The van der Waals surface area contributed by atoms with E-state index in [1.165, 1.54) is 0 Å². The van der Waals surface area contributed by atoms with E-state index in [2.05, 4.69) is 15.9 Å². The van der Waals surface area contributed by atoms with Crippen LogP contribution in [-0.4, -0.2) is 44.1 Å². The third-order valence-electron chi connectivity index (χ3n) is 4.83. The Morgan fingerprint density at radius 2 is 2.17 bits per heavy atom. The predicted octanol–water partition coefficient (Wildman–Crippen LogP) is 2.53. The van der Waals surface area contributed by atoms with E-state index in [0.29, 0.717) is 16.8 Å². The summed E-state index contributed by atoms with van der Waals surface area (Å²) in [6.45, 7) is -0.569. The molecule has 3 atom stereocenters. The van der Waals surface area contributed by atoms with Crippen LogP contribution in [-0.2, 0) is 9.47 Å². The Hall–Kier alpha value is -3.32. The Kier molecular flexibility index (Phi) is 5.22. The zero-order valence-electron chi connectivity index (χ0n) is 15.6. The SMILES string of the molecule is C#C[C@]1(CO)O[C@@H](n2ccc3c(N)nc(Cl)nc32)C[C@@H]1OC(=O)Oc1ccccc1. The van der Waals surface area contributed by atoms with E-state index in [9.17, 15) is 9.90 Å². The highest BCUT2D eigenvalue weighted by atomic mass is 35.5. The number of carbonyl (C=O) groups excluding carboxylic acids is 1. The summed E-state index contributed by atoms with van der Waals surface area (Å²) in [6, 6.07) is 10.1. The molecule has 9 nitrogen and oxygen atoms in total. The maximum absolute atomic E-state index is 12.3. The molecule has 0 radical (unpaired) electrons. The molecule has 1 aliphatic heterocycles. The van der Waals surface area contributed by atoms with Gasteiger partial charge in [-0.3, -0.25) is 0 Å². The number of carbonyl (C=O) groups is 1. The number of aromatic nitrogens is 3. The predicted molar refractivity (Wildman–Crippen MR) is 108 cm³/mol. The number of nitrogens with two attached hydrogens (primary N) is 1. The second-order valence-electron chi connectivity index (χ2n) is 6.61. The van der Waals surface area contributed by atoms with Crippen molar-refractivity contribution < 1.29 is 24.1 Å². The summed E-state index contributed by atoms with van der Waals surface area (Å²) in [6.07, 6.45) is 4.81. The van der Waals surface area contributed by atoms with Gasteiger partial charge in [0.25, 0.3) is 0 Å². The highest BCUT2D eigenvalue weighted by molar-refractivity contribution is 6.28.